The number of carbonyl (C=O) groups is 1. The average molecular weight is 301 g/mol. The van der Waals surface area contributed by atoms with Crippen molar-refractivity contribution in [3.63, 3.8) is 0 Å². The maximum Gasteiger partial charge on any atom is 0.254 e. The van der Waals surface area contributed by atoms with Gasteiger partial charge >= 0.3 is 0 Å². The Morgan fingerprint density at radius 2 is 2.09 bits per heavy atom. The van der Waals surface area contributed by atoms with Crippen LogP contribution in [-0.4, -0.2) is 33.4 Å². The third-order valence-corrected chi connectivity index (χ3v) is 3.64. The second-order valence-electron chi connectivity index (χ2n) is 5.39. The van der Waals surface area contributed by atoms with Crippen molar-refractivity contribution in [2.24, 2.45) is 0 Å². The van der Waals surface area contributed by atoms with Gasteiger partial charge in [-0.25, -0.2) is 0 Å². The van der Waals surface area contributed by atoms with E-state index in [1.807, 2.05) is 48.9 Å². The molecular weight excluding hydrogens is 278 g/mol. The molecule has 0 bridgehead atoms. The first-order chi connectivity index (χ1) is 10.7. The molecule has 0 saturated heterocycles. The highest BCUT2D eigenvalue weighted by Gasteiger charge is 2.17. The number of hydrogen-bond acceptors (Lipinski definition) is 3. The number of hydrogen-bond donors (Lipinski definition) is 2. The van der Waals surface area contributed by atoms with Gasteiger partial charge < -0.3 is 10.4 Å². The van der Waals surface area contributed by atoms with Crippen LogP contribution in [0.3, 0.4) is 0 Å². The molecule has 1 amide bonds. The largest absolute Gasteiger partial charge is 0.396 e. The van der Waals surface area contributed by atoms with Gasteiger partial charge in [-0.15, -0.1) is 0 Å². The maximum atomic E-state index is 12.3. The Bertz CT molecular complexity index is 608. The Labute approximate surface area is 131 Å². The van der Waals surface area contributed by atoms with Crippen LogP contribution in [-0.2, 0) is 13.0 Å². The number of aliphatic hydroxyl groups excluding tert-OH is 1. The highest BCUT2D eigenvalue weighted by molar-refractivity contribution is 5.95. The summed E-state index contributed by atoms with van der Waals surface area (Å²) in [7, 11) is 0. The van der Waals surface area contributed by atoms with E-state index < -0.39 is 0 Å². The summed E-state index contributed by atoms with van der Waals surface area (Å²) in [6.45, 7) is 4.62. The van der Waals surface area contributed by atoms with Crippen LogP contribution in [0.15, 0.2) is 36.5 Å². The molecule has 2 N–H and O–H groups in total. The first kappa shape index (κ1) is 16.2. The van der Waals surface area contributed by atoms with Gasteiger partial charge in [0.1, 0.15) is 0 Å². The van der Waals surface area contributed by atoms with Crippen molar-refractivity contribution >= 4 is 5.91 Å². The Kier molecular flexibility index (Phi) is 5.72. The van der Waals surface area contributed by atoms with Crippen molar-refractivity contribution in [2.45, 2.75) is 39.3 Å². The molecule has 0 aliphatic carbocycles. The third-order valence-electron chi connectivity index (χ3n) is 3.64. The number of aromatic nitrogens is 2. The summed E-state index contributed by atoms with van der Waals surface area (Å²) >= 11 is 0. The highest BCUT2D eigenvalue weighted by Crippen LogP contribution is 2.12. The first-order valence-electron chi connectivity index (χ1n) is 7.66. The minimum atomic E-state index is -0.128. The Hall–Kier alpha value is -2.14. The van der Waals surface area contributed by atoms with Crippen molar-refractivity contribution in [1.82, 2.24) is 15.1 Å². The van der Waals surface area contributed by atoms with Gasteiger partial charge in [-0.05, 0) is 25.3 Å². The molecule has 1 heterocycles. The summed E-state index contributed by atoms with van der Waals surface area (Å²) in [6.07, 6.45) is 2.91. The van der Waals surface area contributed by atoms with Crippen LogP contribution in [0.2, 0.25) is 0 Å². The first-order valence-corrected chi connectivity index (χ1v) is 7.66. The van der Waals surface area contributed by atoms with Crippen molar-refractivity contribution in [2.75, 3.05) is 6.61 Å². The smallest absolute Gasteiger partial charge is 0.254 e. The number of carbonyl (C=O) groups excluding carboxylic acids is 1. The second-order valence-corrected chi connectivity index (χ2v) is 5.39. The van der Waals surface area contributed by atoms with Crippen molar-refractivity contribution in [3.05, 3.63) is 53.3 Å². The number of aliphatic hydroxyl groups is 1. The topological polar surface area (TPSA) is 67.2 Å². The fraction of sp³-hybridized carbons (Fsp3) is 0.412. The Balaban J connectivity index is 2.15. The molecule has 0 aliphatic heterocycles. The van der Waals surface area contributed by atoms with Crippen molar-refractivity contribution in [1.29, 1.82) is 0 Å². The zero-order valence-corrected chi connectivity index (χ0v) is 13.1. The van der Waals surface area contributed by atoms with Gasteiger partial charge in [-0.1, -0.05) is 37.3 Å². The molecule has 0 saturated carbocycles. The van der Waals surface area contributed by atoms with E-state index in [2.05, 4.69) is 10.4 Å². The van der Waals surface area contributed by atoms with Crippen LogP contribution in [0, 0.1) is 0 Å². The monoisotopic (exact) mass is 301 g/mol. The van der Waals surface area contributed by atoms with E-state index in [0.717, 1.165) is 17.7 Å². The third kappa shape index (κ3) is 3.95. The summed E-state index contributed by atoms with van der Waals surface area (Å²) in [5.41, 5.74) is 2.70. The summed E-state index contributed by atoms with van der Waals surface area (Å²) in [6, 6.07) is 10.0. The SMILES string of the molecule is CCc1c(C(=O)NC(C)CCO)cnn1Cc1ccccc1. The molecule has 1 aromatic heterocycles. The van der Waals surface area contributed by atoms with E-state index >= 15 is 0 Å². The Morgan fingerprint density at radius 3 is 2.73 bits per heavy atom. The average Bonchev–Trinajstić information content (AvgIpc) is 2.91. The lowest BCUT2D eigenvalue weighted by Crippen LogP contribution is -2.33. The number of nitrogens with zero attached hydrogens (tertiary/aromatic N) is 2. The standard InChI is InChI=1S/C17H23N3O2/c1-3-16-15(17(22)19-13(2)9-10-21)11-18-20(16)12-14-7-5-4-6-8-14/h4-8,11,13,21H,3,9-10,12H2,1-2H3,(H,19,22). The zero-order chi connectivity index (χ0) is 15.9. The second kappa shape index (κ2) is 7.75. The summed E-state index contributed by atoms with van der Waals surface area (Å²) in [5, 5.41) is 16.2. The molecule has 1 atom stereocenters. The molecular formula is C17H23N3O2. The zero-order valence-electron chi connectivity index (χ0n) is 13.1. The van der Waals surface area contributed by atoms with Crippen LogP contribution in [0.4, 0.5) is 0 Å². The van der Waals surface area contributed by atoms with E-state index in [1.54, 1.807) is 6.20 Å². The highest BCUT2D eigenvalue weighted by atomic mass is 16.3. The van der Waals surface area contributed by atoms with Crippen LogP contribution in [0.5, 0.6) is 0 Å². The molecule has 118 valence electrons. The molecule has 2 rings (SSSR count). The number of rotatable bonds is 7. The summed E-state index contributed by atoms with van der Waals surface area (Å²) < 4.78 is 1.88. The van der Waals surface area contributed by atoms with Gasteiger partial charge in [0.25, 0.3) is 5.91 Å². The van der Waals surface area contributed by atoms with Gasteiger partial charge in [0.05, 0.1) is 24.0 Å². The van der Waals surface area contributed by atoms with Crippen LogP contribution in [0.1, 0.15) is 41.9 Å². The quantitative estimate of drug-likeness (QED) is 0.822. The molecule has 0 fully saturated rings. The minimum absolute atomic E-state index is 0.0559. The van der Waals surface area contributed by atoms with Gasteiger partial charge in [-0.3, -0.25) is 9.48 Å². The van der Waals surface area contributed by atoms with Crippen molar-refractivity contribution in [3.8, 4) is 0 Å². The summed E-state index contributed by atoms with van der Waals surface area (Å²) in [5.74, 6) is -0.128. The molecule has 1 aromatic carbocycles. The maximum absolute atomic E-state index is 12.3. The number of benzene rings is 1. The summed E-state index contributed by atoms with van der Waals surface area (Å²) in [4.78, 5) is 12.3. The Morgan fingerprint density at radius 1 is 1.36 bits per heavy atom. The van der Waals surface area contributed by atoms with E-state index in [1.165, 1.54) is 0 Å². The predicted octanol–water partition coefficient (Wildman–Crippen LogP) is 1.99. The van der Waals surface area contributed by atoms with Gasteiger partial charge in [0.2, 0.25) is 0 Å². The fourth-order valence-electron chi connectivity index (χ4n) is 2.43. The molecule has 5 nitrogen and oxygen atoms in total. The molecule has 0 radical (unpaired) electrons. The van der Waals surface area contributed by atoms with Gasteiger partial charge in [0.15, 0.2) is 0 Å². The van der Waals surface area contributed by atoms with Crippen LogP contribution < -0.4 is 5.32 Å². The number of nitrogens with one attached hydrogen (secondary N) is 1. The lowest BCUT2D eigenvalue weighted by molar-refractivity contribution is 0.0933. The fourth-order valence-corrected chi connectivity index (χ4v) is 2.43. The van der Waals surface area contributed by atoms with Gasteiger partial charge in [-0.2, -0.15) is 5.10 Å². The van der Waals surface area contributed by atoms with Crippen LogP contribution >= 0.6 is 0 Å². The van der Waals surface area contributed by atoms with E-state index in [9.17, 15) is 4.79 Å². The molecule has 0 aliphatic rings. The predicted molar refractivity (Wildman–Crippen MR) is 85.8 cm³/mol. The minimum Gasteiger partial charge on any atom is -0.396 e. The molecule has 1 unspecified atom stereocenters. The number of amides is 1. The normalized spacial score (nSPS) is 12.1. The lowest BCUT2D eigenvalue weighted by atomic mass is 10.1. The van der Waals surface area contributed by atoms with Gasteiger partial charge in [0, 0.05) is 12.6 Å². The molecule has 2 aromatic rings. The van der Waals surface area contributed by atoms with E-state index in [-0.39, 0.29) is 18.6 Å². The van der Waals surface area contributed by atoms with Crippen molar-refractivity contribution < 1.29 is 9.90 Å². The lowest BCUT2D eigenvalue weighted by Gasteiger charge is -2.13. The van der Waals surface area contributed by atoms with Crippen LogP contribution in [0.25, 0.3) is 0 Å². The molecule has 22 heavy (non-hydrogen) atoms. The molecule has 0 spiro atoms. The van der Waals surface area contributed by atoms with E-state index in [0.29, 0.717) is 18.5 Å². The molecule has 5 heteroatoms. The van der Waals surface area contributed by atoms with E-state index in [4.69, 9.17) is 5.11 Å².